The third-order valence-corrected chi connectivity index (χ3v) is 6.31. The highest BCUT2D eigenvalue weighted by atomic mass is 16.5. The van der Waals surface area contributed by atoms with Crippen molar-refractivity contribution in [3.05, 3.63) is 77.4 Å². The number of carbonyl (C=O) groups is 1. The van der Waals surface area contributed by atoms with Gasteiger partial charge in [0, 0.05) is 18.2 Å². The third-order valence-electron chi connectivity index (χ3n) is 6.31. The largest absolute Gasteiger partial charge is 0.496 e. The van der Waals surface area contributed by atoms with E-state index in [2.05, 4.69) is 6.07 Å². The summed E-state index contributed by atoms with van der Waals surface area (Å²) in [6, 6.07) is 21.3. The maximum absolute atomic E-state index is 13.3. The Kier molecular flexibility index (Phi) is 5.77. The topological polar surface area (TPSA) is 74.9 Å². The van der Waals surface area contributed by atoms with Crippen LogP contribution in [0.2, 0.25) is 0 Å². The van der Waals surface area contributed by atoms with Crippen molar-refractivity contribution < 1.29 is 14.3 Å². The molecule has 2 aliphatic rings. The Bertz CT molecular complexity index is 1320. The number of fused-ring (bicyclic) bond motifs is 1. The molecule has 1 amide bonds. The first kappa shape index (κ1) is 21.7. The first-order valence-electron chi connectivity index (χ1n) is 11.3. The Morgan fingerprint density at radius 3 is 2.44 bits per heavy atom. The van der Waals surface area contributed by atoms with Crippen molar-refractivity contribution in [3.63, 3.8) is 0 Å². The van der Waals surface area contributed by atoms with Crippen LogP contribution >= 0.6 is 0 Å². The molecule has 3 aromatic rings. The maximum atomic E-state index is 13.3. The van der Waals surface area contributed by atoms with Crippen molar-refractivity contribution in [2.24, 2.45) is 10.9 Å². The molecule has 1 aliphatic carbocycles. The zero-order valence-corrected chi connectivity index (χ0v) is 19.2. The van der Waals surface area contributed by atoms with Gasteiger partial charge in [-0.3, -0.25) is 9.79 Å². The molecular weight excluding hydrogens is 426 g/mol. The number of carbonyl (C=O) groups excluding carboxylic acids is 1. The standard InChI is InChI=1S/C28H25N3O3/c1-33-23-14-22-26(28(34-2)25(23)20-8-4-3-5-9-20)27(21-10-6-7-19(13-21)15-29)30-16-24(32)31(22)17-18-11-12-18/h3-10,13-14,18H,11-12,16-17H2,1-2H3. The van der Waals surface area contributed by atoms with Crippen LogP contribution in [-0.2, 0) is 4.79 Å². The second-order valence-electron chi connectivity index (χ2n) is 8.55. The average molecular weight is 452 g/mol. The lowest BCUT2D eigenvalue weighted by atomic mass is 9.92. The van der Waals surface area contributed by atoms with Crippen LogP contribution in [0, 0.1) is 17.2 Å². The summed E-state index contributed by atoms with van der Waals surface area (Å²) in [5, 5.41) is 9.47. The van der Waals surface area contributed by atoms with E-state index in [4.69, 9.17) is 14.5 Å². The molecule has 1 fully saturated rings. The zero-order valence-electron chi connectivity index (χ0n) is 19.2. The lowest BCUT2D eigenvalue weighted by molar-refractivity contribution is -0.117. The first-order chi connectivity index (χ1) is 16.6. The van der Waals surface area contributed by atoms with Crippen LogP contribution in [0.4, 0.5) is 5.69 Å². The zero-order chi connectivity index (χ0) is 23.7. The van der Waals surface area contributed by atoms with E-state index < -0.39 is 0 Å². The second-order valence-corrected chi connectivity index (χ2v) is 8.55. The number of ether oxygens (including phenoxy) is 2. The van der Waals surface area contributed by atoms with E-state index in [1.165, 1.54) is 0 Å². The highest BCUT2D eigenvalue weighted by Crippen LogP contribution is 2.48. The molecule has 0 N–H and O–H groups in total. The average Bonchev–Trinajstić information content (AvgIpc) is 3.72. The highest BCUT2D eigenvalue weighted by Gasteiger charge is 2.35. The number of benzodiazepines with no additional fused rings is 1. The SMILES string of the molecule is COc1cc2c(c(OC)c1-c1ccccc1)C(c1cccc(C#N)c1)=NCC(=O)N2CC1CC1. The summed E-state index contributed by atoms with van der Waals surface area (Å²) >= 11 is 0. The Hall–Kier alpha value is -4.11. The number of methoxy groups -OCH3 is 2. The minimum absolute atomic E-state index is 0.0274. The van der Waals surface area contributed by atoms with E-state index in [1.807, 2.05) is 53.4 Å². The number of aliphatic imine (C=N–C) groups is 1. The molecule has 1 heterocycles. The van der Waals surface area contributed by atoms with Crippen molar-refractivity contribution in [1.29, 1.82) is 5.26 Å². The summed E-state index contributed by atoms with van der Waals surface area (Å²) in [5.74, 6) is 1.65. The number of hydrogen-bond acceptors (Lipinski definition) is 5. The van der Waals surface area contributed by atoms with Gasteiger partial charge < -0.3 is 14.4 Å². The van der Waals surface area contributed by atoms with Gasteiger partial charge in [-0.1, -0.05) is 42.5 Å². The molecule has 0 spiro atoms. The van der Waals surface area contributed by atoms with Crippen molar-refractivity contribution >= 4 is 17.3 Å². The van der Waals surface area contributed by atoms with Gasteiger partial charge in [-0.15, -0.1) is 0 Å². The normalized spacial score (nSPS) is 15.1. The Morgan fingerprint density at radius 1 is 1.00 bits per heavy atom. The van der Waals surface area contributed by atoms with Gasteiger partial charge in [0.25, 0.3) is 0 Å². The maximum Gasteiger partial charge on any atom is 0.248 e. The van der Waals surface area contributed by atoms with E-state index >= 15 is 0 Å². The molecule has 170 valence electrons. The van der Waals surface area contributed by atoms with Crippen molar-refractivity contribution in [2.45, 2.75) is 12.8 Å². The summed E-state index contributed by atoms with van der Waals surface area (Å²) in [4.78, 5) is 19.9. The van der Waals surface area contributed by atoms with Gasteiger partial charge in [0.05, 0.1) is 48.4 Å². The fourth-order valence-corrected chi connectivity index (χ4v) is 4.48. The van der Waals surface area contributed by atoms with Crippen LogP contribution in [0.25, 0.3) is 11.1 Å². The number of rotatable bonds is 6. The molecule has 0 aromatic heterocycles. The number of nitrogens with zero attached hydrogens (tertiary/aromatic N) is 3. The Balaban J connectivity index is 1.83. The monoisotopic (exact) mass is 451 g/mol. The van der Waals surface area contributed by atoms with Crippen LogP contribution < -0.4 is 14.4 Å². The molecule has 0 saturated heterocycles. The van der Waals surface area contributed by atoms with Crippen LogP contribution in [0.15, 0.2) is 65.7 Å². The third kappa shape index (κ3) is 3.90. The number of anilines is 1. The molecule has 1 aliphatic heterocycles. The summed E-state index contributed by atoms with van der Waals surface area (Å²) in [7, 11) is 3.26. The second kappa shape index (κ2) is 9.03. The number of nitriles is 1. The van der Waals surface area contributed by atoms with Gasteiger partial charge >= 0.3 is 0 Å². The molecule has 0 atom stereocenters. The fourth-order valence-electron chi connectivity index (χ4n) is 4.48. The van der Waals surface area contributed by atoms with Gasteiger partial charge in [-0.05, 0) is 36.5 Å². The molecule has 6 nitrogen and oxygen atoms in total. The van der Waals surface area contributed by atoms with Gasteiger partial charge in [-0.25, -0.2) is 0 Å². The highest BCUT2D eigenvalue weighted by molar-refractivity contribution is 6.22. The minimum atomic E-state index is -0.0591. The predicted molar refractivity (Wildman–Crippen MR) is 132 cm³/mol. The van der Waals surface area contributed by atoms with Crippen LogP contribution in [0.1, 0.15) is 29.5 Å². The van der Waals surface area contributed by atoms with E-state index in [0.29, 0.717) is 35.2 Å². The van der Waals surface area contributed by atoms with Gasteiger partial charge in [0.15, 0.2) is 0 Å². The molecular formula is C28H25N3O3. The number of benzene rings is 3. The van der Waals surface area contributed by atoms with E-state index in [-0.39, 0.29) is 12.5 Å². The Morgan fingerprint density at radius 2 is 1.76 bits per heavy atom. The van der Waals surface area contributed by atoms with Gasteiger partial charge in [0.2, 0.25) is 5.91 Å². The molecule has 1 saturated carbocycles. The lowest BCUT2D eigenvalue weighted by Gasteiger charge is -2.27. The smallest absolute Gasteiger partial charge is 0.248 e. The van der Waals surface area contributed by atoms with Crippen molar-refractivity contribution in [1.82, 2.24) is 0 Å². The summed E-state index contributed by atoms with van der Waals surface area (Å²) in [5.41, 5.74) is 5.14. The molecule has 0 unspecified atom stereocenters. The van der Waals surface area contributed by atoms with Crippen LogP contribution in [0.3, 0.4) is 0 Å². The fraction of sp³-hybridized carbons (Fsp3) is 0.250. The molecule has 0 bridgehead atoms. The summed E-state index contributed by atoms with van der Waals surface area (Å²) < 4.78 is 11.9. The quantitative estimate of drug-likeness (QED) is 0.538. The van der Waals surface area contributed by atoms with Gasteiger partial charge in [0.1, 0.15) is 18.0 Å². The molecule has 0 radical (unpaired) electrons. The Labute approximate surface area is 199 Å². The van der Waals surface area contributed by atoms with Gasteiger partial charge in [-0.2, -0.15) is 5.26 Å². The predicted octanol–water partition coefficient (Wildman–Crippen LogP) is 4.84. The van der Waals surface area contributed by atoms with Crippen molar-refractivity contribution in [2.75, 3.05) is 32.2 Å². The summed E-state index contributed by atoms with van der Waals surface area (Å²) in [6.45, 7) is 0.670. The van der Waals surface area contributed by atoms with Crippen LogP contribution in [-0.4, -0.2) is 38.9 Å². The molecule has 5 rings (SSSR count). The van der Waals surface area contributed by atoms with Crippen molar-refractivity contribution in [3.8, 4) is 28.7 Å². The summed E-state index contributed by atoms with van der Waals surface area (Å²) in [6.07, 6.45) is 2.24. The number of hydrogen-bond donors (Lipinski definition) is 0. The first-order valence-corrected chi connectivity index (χ1v) is 11.3. The minimum Gasteiger partial charge on any atom is -0.496 e. The molecule has 6 heteroatoms. The lowest BCUT2D eigenvalue weighted by Crippen LogP contribution is -2.34. The molecule has 3 aromatic carbocycles. The van der Waals surface area contributed by atoms with E-state index in [9.17, 15) is 10.1 Å². The number of amides is 1. The van der Waals surface area contributed by atoms with Crippen LogP contribution in [0.5, 0.6) is 11.5 Å². The van der Waals surface area contributed by atoms with E-state index in [1.54, 1.807) is 26.4 Å². The molecule has 34 heavy (non-hydrogen) atoms. The van der Waals surface area contributed by atoms with E-state index in [0.717, 1.165) is 40.8 Å².